The number of aromatic amines is 1. The molecule has 0 aliphatic carbocycles. The van der Waals surface area contributed by atoms with Gasteiger partial charge in [0.15, 0.2) is 11.3 Å². The second kappa shape index (κ2) is 4.06. The van der Waals surface area contributed by atoms with E-state index in [0.717, 1.165) is 24.4 Å². The molecule has 5 heteroatoms. The molecule has 0 radical (unpaired) electrons. The van der Waals surface area contributed by atoms with Crippen LogP contribution in [0.5, 0.6) is 0 Å². The summed E-state index contributed by atoms with van der Waals surface area (Å²) in [6.07, 6.45) is 8.99. The number of hydrogen-bond acceptors (Lipinski definition) is 3. The summed E-state index contributed by atoms with van der Waals surface area (Å²) in [4.78, 5) is 12.1. The molecule has 2 atom stereocenters. The van der Waals surface area contributed by atoms with Crippen molar-refractivity contribution in [3.8, 4) is 0 Å². The zero-order chi connectivity index (χ0) is 12.8. The Labute approximate surface area is 111 Å². The molecule has 4 heterocycles. The van der Waals surface area contributed by atoms with Crippen LogP contribution in [0, 0.1) is 5.92 Å². The number of imidazole rings is 1. The highest BCUT2D eigenvalue weighted by Gasteiger charge is 2.29. The van der Waals surface area contributed by atoms with Crippen molar-refractivity contribution in [3.05, 3.63) is 30.4 Å². The molecular weight excluding hydrogens is 238 g/mol. The van der Waals surface area contributed by atoms with Crippen LogP contribution in [0.2, 0.25) is 0 Å². The lowest BCUT2D eigenvalue weighted by Crippen LogP contribution is -2.09. The van der Waals surface area contributed by atoms with E-state index in [4.69, 9.17) is 0 Å². The van der Waals surface area contributed by atoms with E-state index in [1.165, 1.54) is 17.5 Å². The predicted octanol–water partition coefficient (Wildman–Crippen LogP) is 1.92. The smallest absolute Gasteiger partial charge is 0.155 e. The first-order chi connectivity index (χ1) is 9.38. The van der Waals surface area contributed by atoms with E-state index in [1.54, 1.807) is 0 Å². The summed E-state index contributed by atoms with van der Waals surface area (Å²) >= 11 is 0. The van der Waals surface area contributed by atoms with Crippen LogP contribution in [0.3, 0.4) is 0 Å². The van der Waals surface area contributed by atoms with Crippen molar-refractivity contribution in [3.63, 3.8) is 0 Å². The molecule has 3 aromatic rings. The molecule has 1 aliphatic rings. The van der Waals surface area contributed by atoms with Gasteiger partial charge in [-0.25, -0.2) is 9.97 Å². The average molecular weight is 255 g/mol. The monoisotopic (exact) mass is 255 g/mol. The average Bonchev–Trinajstić information content (AvgIpc) is 3.15. The zero-order valence-corrected chi connectivity index (χ0v) is 10.9. The van der Waals surface area contributed by atoms with Crippen molar-refractivity contribution >= 4 is 16.8 Å². The molecular formula is C14H17N5. The third-order valence-electron chi connectivity index (χ3n) is 4.35. The summed E-state index contributed by atoms with van der Waals surface area (Å²) in [6.45, 7) is 4.43. The third kappa shape index (κ3) is 1.51. The van der Waals surface area contributed by atoms with Gasteiger partial charge in [-0.1, -0.05) is 13.3 Å². The van der Waals surface area contributed by atoms with Gasteiger partial charge in [0.25, 0.3) is 0 Å². The Morgan fingerprint density at radius 3 is 3.21 bits per heavy atom. The molecule has 3 aromatic heterocycles. The predicted molar refractivity (Wildman–Crippen MR) is 74.2 cm³/mol. The number of nitrogens with one attached hydrogen (secondary N) is 2. The van der Waals surface area contributed by atoms with Gasteiger partial charge in [-0.05, 0) is 12.5 Å². The van der Waals surface area contributed by atoms with Gasteiger partial charge in [0, 0.05) is 36.6 Å². The molecule has 0 bridgehead atoms. The summed E-state index contributed by atoms with van der Waals surface area (Å²) in [6, 6.07) is 0. The van der Waals surface area contributed by atoms with Gasteiger partial charge >= 0.3 is 0 Å². The number of nitrogens with zero attached hydrogens (tertiary/aromatic N) is 3. The Morgan fingerprint density at radius 2 is 2.32 bits per heavy atom. The van der Waals surface area contributed by atoms with Crippen LogP contribution in [0.1, 0.15) is 24.8 Å². The second-order valence-electron chi connectivity index (χ2n) is 5.29. The highest BCUT2D eigenvalue weighted by molar-refractivity contribution is 5.79. The molecule has 5 nitrogen and oxygen atoms in total. The standard InChI is InChI=1S/C14H17N5/c1-2-9-5-15-6-10(9)11-7-17-14-13(11)19-4-3-16-12(19)8-18-14/h3-4,7-10,15,17H,2,5-6H2,1H3/t9-,10-/m1/s1. The van der Waals surface area contributed by atoms with Gasteiger partial charge in [0.1, 0.15) is 0 Å². The molecule has 1 saturated heterocycles. The lowest BCUT2D eigenvalue weighted by atomic mass is 9.88. The van der Waals surface area contributed by atoms with Gasteiger partial charge in [-0.3, -0.25) is 4.40 Å². The van der Waals surface area contributed by atoms with Crippen molar-refractivity contribution in [2.75, 3.05) is 13.1 Å². The molecule has 1 fully saturated rings. The Kier molecular flexibility index (Phi) is 2.35. The van der Waals surface area contributed by atoms with Gasteiger partial charge in [-0.2, -0.15) is 0 Å². The molecule has 19 heavy (non-hydrogen) atoms. The second-order valence-corrected chi connectivity index (χ2v) is 5.29. The largest absolute Gasteiger partial charge is 0.345 e. The first kappa shape index (κ1) is 11.0. The van der Waals surface area contributed by atoms with Crippen molar-refractivity contribution in [1.82, 2.24) is 24.7 Å². The summed E-state index contributed by atoms with van der Waals surface area (Å²) in [5, 5.41) is 3.51. The molecule has 98 valence electrons. The van der Waals surface area contributed by atoms with Crippen LogP contribution in [0.4, 0.5) is 0 Å². The summed E-state index contributed by atoms with van der Waals surface area (Å²) < 4.78 is 2.14. The fourth-order valence-electron chi connectivity index (χ4n) is 3.30. The molecule has 0 spiro atoms. The Bertz CT molecular complexity index is 726. The minimum absolute atomic E-state index is 0.563. The van der Waals surface area contributed by atoms with Gasteiger partial charge in [0.05, 0.1) is 11.7 Å². The summed E-state index contributed by atoms with van der Waals surface area (Å²) in [5.74, 6) is 1.27. The maximum absolute atomic E-state index is 4.47. The highest BCUT2D eigenvalue weighted by atomic mass is 15.0. The van der Waals surface area contributed by atoms with Gasteiger partial charge < -0.3 is 10.3 Å². The maximum Gasteiger partial charge on any atom is 0.155 e. The number of aromatic nitrogens is 4. The quantitative estimate of drug-likeness (QED) is 0.735. The molecule has 1 aliphatic heterocycles. The number of H-pyrrole nitrogens is 1. The van der Waals surface area contributed by atoms with E-state index in [2.05, 4.69) is 37.8 Å². The third-order valence-corrected chi connectivity index (χ3v) is 4.35. The molecule has 0 saturated carbocycles. The Hall–Kier alpha value is -1.88. The topological polar surface area (TPSA) is 58.0 Å². The molecule has 0 unspecified atom stereocenters. The normalized spacial score (nSPS) is 23.6. The summed E-state index contributed by atoms with van der Waals surface area (Å²) in [7, 11) is 0. The van der Waals surface area contributed by atoms with Crippen LogP contribution in [-0.2, 0) is 0 Å². The minimum atomic E-state index is 0.563. The van der Waals surface area contributed by atoms with Crippen molar-refractivity contribution in [2.24, 2.45) is 5.92 Å². The van der Waals surface area contributed by atoms with E-state index < -0.39 is 0 Å². The first-order valence-electron chi connectivity index (χ1n) is 6.88. The van der Waals surface area contributed by atoms with Crippen LogP contribution in [0.15, 0.2) is 24.8 Å². The van der Waals surface area contributed by atoms with Crippen molar-refractivity contribution in [2.45, 2.75) is 19.3 Å². The zero-order valence-electron chi connectivity index (χ0n) is 10.9. The van der Waals surface area contributed by atoms with Gasteiger partial charge in [0.2, 0.25) is 0 Å². The molecule has 0 amide bonds. The number of fused-ring (bicyclic) bond motifs is 3. The Balaban J connectivity index is 1.96. The first-order valence-corrected chi connectivity index (χ1v) is 6.88. The van der Waals surface area contributed by atoms with Crippen molar-refractivity contribution in [1.29, 1.82) is 0 Å². The highest BCUT2D eigenvalue weighted by Crippen LogP contribution is 2.34. The fraction of sp³-hybridized carbons (Fsp3) is 0.429. The van der Waals surface area contributed by atoms with Crippen LogP contribution in [-0.4, -0.2) is 32.4 Å². The van der Waals surface area contributed by atoms with E-state index in [1.807, 2.05) is 18.6 Å². The molecule has 0 aromatic carbocycles. The van der Waals surface area contributed by atoms with E-state index >= 15 is 0 Å². The lowest BCUT2D eigenvalue weighted by Gasteiger charge is -2.16. The van der Waals surface area contributed by atoms with E-state index in [-0.39, 0.29) is 0 Å². The summed E-state index contributed by atoms with van der Waals surface area (Å²) in [5.41, 5.74) is 4.40. The van der Waals surface area contributed by atoms with Crippen LogP contribution < -0.4 is 5.32 Å². The lowest BCUT2D eigenvalue weighted by molar-refractivity contribution is 0.504. The minimum Gasteiger partial charge on any atom is -0.345 e. The molecule has 2 N–H and O–H groups in total. The molecule has 4 rings (SSSR count). The maximum atomic E-state index is 4.47. The van der Waals surface area contributed by atoms with Crippen molar-refractivity contribution < 1.29 is 0 Å². The van der Waals surface area contributed by atoms with Crippen LogP contribution >= 0.6 is 0 Å². The van der Waals surface area contributed by atoms with Gasteiger partial charge in [-0.15, -0.1) is 0 Å². The Morgan fingerprint density at radius 1 is 1.37 bits per heavy atom. The van der Waals surface area contributed by atoms with Crippen LogP contribution in [0.25, 0.3) is 16.8 Å². The van der Waals surface area contributed by atoms with E-state index in [0.29, 0.717) is 11.8 Å². The SMILES string of the molecule is CC[C@@H]1CNC[C@H]1c1c[nH]c2ncc3nccn3c12. The number of rotatable bonds is 2. The fourth-order valence-corrected chi connectivity index (χ4v) is 3.30. The number of hydrogen-bond donors (Lipinski definition) is 2. The van der Waals surface area contributed by atoms with E-state index in [9.17, 15) is 0 Å².